The first-order valence-electron chi connectivity index (χ1n) is 12.7. The van der Waals surface area contributed by atoms with E-state index in [-0.39, 0.29) is 11.9 Å². The van der Waals surface area contributed by atoms with Crippen LogP contribution in [-0.2, 0) is 22.4 Å². The highest BCUT2D eigenvalue weighted by molar-refractivity contribution is 5.99. The van der Waals surface area contributed by atoms with Crippen LogP contribution < -0.4 is 9.47 Å². The van der Waals surface area contributed by atoms with E-state index in [0.29, 0.717) is 37.2 Å². The Morgan fingerprint density at radius 2 is 1.27 bits per heavy atom. The average molecular weight is 451 g/mol. The summed E-state index contributed by atoms with van der Waals surface area (Å²) in [5.41, 5.74) is 3.18. The highest BCUT2D eigenvalue weighted by Gasteiger charge is 2.26. The second-order valence-electron chi connectivity index (χ2n) is 9.16. The number of ether oxygens (including phenoxy) is 2. The zero-order chi connectivity index (χ0) is 23.6. The fraction of sp³-hybridized carbons (Fsp3) is 0.517. The largest absolute Gasteiger partial charge is 0.426 e. The molecule has 178 valence electrons. The van der Waals surface area contributed by atoms with E-state index >= 15 is 0 Å². The molecule has 4 nitrogen and oxygen atoms in total. The Kier molecular flexibility index (Phi) is 9.53. The summed E-state index contributed by atoms with van der Waals surface area (Å²) in [6.45, 7) is 6.41. The first-order valence-corrected chi connectivity index (χ1v) is 12.7. The predicted octanol–water partition coefficient (Wildman–Crippen LogP) is 7.64. The van der Waals surface area contributed by atoms with Crippen molar-refractivity contribution in [2.45, 2.75) is 97.8 Å². The van der Waals surface area contributed by atoms with Crippen molar-refractivity contribution in [3.63, 3.8) is 0 Å². The molecule has 33 heavy (non-hydrogen) atoms. The second-order valence-corrected chi connectivity index (χ2v) is 9.16. The van der Waals surface area contributed by atoms with Crippen LogP contribution in [0.1, 0.15) is 96.1 Å². The summed E-state index contributed by atoms with van der Waals surface area (Å²) in [5, 5.41) is 1.67. The van der Waals surface area contributed by atoms with Gasteiger partial charge in [0.25, 0.3) is 0 Å². The maximum absolute atomic E-state index is 12.7. The van der Waals surface area contributed by atoms with E-state index < -0.39 is 0 Å². The molecule has 0 aliphatic heterocycles. The number of hydrogen-bond donors (Lipinski definition) is 0. The molecule has 0 amide bonds. The third-order valence-corrected chi connectivity index (χ3v) is 6.34. The zero-order valence-corrected chi connectivity index (χ0v) is 20.5. The Hall–Kier alpha value is -2.62. The van der Waals surface area contributed by atoms with E-state index in [4.69, 9.17) is 9.47 Å². The lowest BCUT2D eigenvalue weighted by atomic mass is 9.87. The van der Waals surface area contributed by atoms with E-state index in [1.165, 1.54) is 5.57 Å². The molecule has 1 aliphatic carbocycles. The van der Waals surface area contributed by atoms with Gasteiger partial charge in [0.1, 0.15) is 11.5 Å². The molecule has 0 bridgehead atoms. The van der Waals surface area contributed by atoms with Gasteiger partial charge in [0.2, 0.25) is 0 Å². The van der Waals surface area contributed by atoms with Crippen molar-refractivity contribution in [1.82, 2.24) is 0 Å². The van der Waals surface area contributed by atoms with Crippen molar-refractivity contribution in [1.29, 1.82) is 0 Å². The van der Waals surface area contributed by atoms with Crippen molar-refractivity contribution in [3.8, 4) is 11.5 Å². The van der Waals surface area contributed by atoms with Crippen molar-refractivity contribution in [2.75, 3.05) is 0 Å². The van der Waals surface area contributed by atoms with Crippen molar-refractivity contribution >= 4 is 22.7 Å². The van der Waals surface area contributed by atoms with Crippen LogP contribution >= 0.6 is 0 Å². The molecule has 1 aliphatic rings. The Morgan fingerprint density at radius 3 is 1.79 bits per heavy atom. The molecule has 0 fully saturated rings. The number of fused-ring (bicyclic) bond motifs is 2. The van der Waals surface area contributed by atoms with Crippen LogP contribution in [0.5, 0.6) is 11.5 Å². The van der Waals surface area contributed by atoms with Gasteiger partial charge in [0.05, 0.1) is 0 Å². The predicted molar refractivity (Wildman–Crippen MR) is 134 cm³/mol. The molecular weight excluding hydrogens is 412 g/mol. The van der Waals surface area contributed by atoms with Gasteiger partial charge in [-0.2, -0.15) is 0 Å². The highest BCUT2D eigenvalue weighted by Crippen LogP contribution is 2.44. The molecule has 4 heteroatoms. The minimum absolute atomic E-state index is 0.189. The molecule has 2 aromatic rings. The fourth-order valence-corrected chi connectivity index (χ4v) is 4.46. The number of rotatable bonds is 12. The van der Waals surface area contributed by atoms with Gasteiger partial charge in [-0.3, -0.25) is 9.59 Å². The molecule has 0 radical (unpaired) electrons. The van der Waals surface area contributed by atoms with E-state index in [2.05, 4.69) is 26.8 Å². The first-order chi connectivity index (χ1) is 16.0. The maximum atomic E-state index is 12.7. The fourth-order valence-electron chi connectivity index (χ4n) is 4.46. The minimum Gasteiger partial charge on any atom is -0.426 e. The number of carbonyl (C=O) groups is 2. The van der Waals surface area contributed by atoms with Crippen LogP contribution in [0.15, 0.2) is 35.9 Å². The number of allylic oxidation sites excluding steroid dienone is 2. The Bertz CT molecular complexity index is 1000. The summed E-state index contributed by atoms with van der Waals surface area (Å²) in [6.07, 6.45) is 12.7. The molecule has 0 atom stereocenters. The van der Waals surface area contributed by atoms with Crippen LogP contribution in [0.4, 0.5) is 0 Å². The van der Waals surface area contributed by atoms with Gasteiger partial charge in [0, 0.05) is 34.7 Å². The third-order valence-electron chi connectivity index (χ3n) is 6.34. The number of unbranched alkanes of at least 4 members (excludes halogenated alkanes) is 6. The second kappa shape index (κ2) is 12.6. The lowest BCUT2D eigenvalue weighted by Crippen LogP contribution is -2.15. The molecule has 0 spiro atoms. The normalized spacial score (nSPS) is 12.9. The quantitative estimate of drug-likeness (QED) is 0.144. The van der Waals surface area contributed by atoms with Crippen LogP contribution in [-0.4, -0.2) is 11.9 Å². The van der Waals surface area contributed by atoms with Gasteiger partial charge in [0.15, 0.2) is 0 Å². The number of carbonyl (C=O) groups excluding carboxylic acids is 2. The van der Waals surface area contributed by atoms with E-state index in [0.717, 1.165) is 73.3 Å². The summed E-state index contributed by atoms with van der Waals surface area (Å²) in [6, 6.07) is 7.80. The van der Waals surface area contributed by atoms with Gasteiger partial charge in [-0.25, -0.2) is 0 Å². The minimum atomic E-state index is -0.189. The lowest BCUT2D eigenvalue weighted by Gasteiger charge is -2.24. The van der Waals surface area contributed by atoms with E-state index in [1.807, 2.05) is 24.3 Å². The average Bonchev–Trinajstić information content (AvgIpc) is 2.81. The van der Waals surface area contributed by atoms with Gasteiger partial charge in [-0.05, 0) is 32.6 Å². The van der Waals surface area contributed by atoms with Crippen molar-refractivity contribution in [3.05, 3.63) is 47.0 Å². The van der Waals surface area contributed by atoms with Crippen LogP contribution in [0.3, 0.4) is 0 Å². The van der Waals surface area contributed by atoms with Gasteiger partial charge in [-0.1, -0.05) is 88.3 Å². The number of hydrogen-bond acceptors (Lipinski definition) is 4. The van der Waals surface area contributed by atoms with Gasteiger partial charge < -0.3 is 9.47 Å². The summed E-state index contributed by atoms with van der Waals surface area (Å²) in [7, 11) is 0. The Morgan fingerprint density at radius 1 is 0.758 bits per heavy atom. The third kappa shape index (κ3) is 6.69. The number of benzene rings is 2. The molecule has 0 N–H and O–H groups in total. The molecule has 3 rings (SSSR count). The summed E-state index contributed by atoms with van der Waals surface area (Å²) in [5.74, 6) is 0.889. The molecule has 0 aromatic heterocycles. The zero-order valence-electron chi connectivity index (χ0n) is 20.5. The summed E-state index contributed by atoms with van der Waals surface area (Å²) < 4.78 is 12.0. The van der Waals surface area contributed by atoms with Crippen molar-refractivity contribution in [2.24, 2.45) is 0 Å². The molecule has 0 heterocycles. The summed E-state index contributed by atoms with van der Waals surface area (Å²) >= 11 is 0. The molecular formula is C29H38O4. The maximum Gasteiger partial charge on any atom is 0.311 e. The van der Waals surface area contributed by atoms with Crippen LogP contribution in [0.2, 0.25) is 0 Å². The summed E-state index contributed by atoms with van der Waals surface area (Å²) in [4.78, 5) is 25.4. The van der Waals surface area contributed by atoms with E-state index in [1.54, 1.807) is 0 Å². The van der Waals surface area contributed by atoms with Crippen molar-refractivity contribution < 1.29 is 19.1 Å². The lowest BCUT2D eigenvalue weighted by molar-refractivity contribution is -0.135. The standard InChI is InChI=1S/C29H38O4/c1-4-6-8-10-16-26(30)32-28-22-14-12-13-15-23(22)29(25-20-21(3)18-19-24(25)28)33-27(31)17-11-9-7-5-2/h12-15,18H,4-11,16-17,19-20H2,1-3H3. The smallest absolute Gasteiger partial charge is 0.311 e. The molecule has 2 aromatic carbocycles. The number of esters is 2. The topological polar surface area (TPSA) is 52.6 Å². The van der Waals surface area contributed by atoms with E-state index in [9.17, 15) is 9.59 Å². The van der Waals surface area contributed by atoms with Crippen LogP contribution in [0, 0.1) is 0 Å². The molecule has 0 saturated heterocycles. The van der Waals surface area contributed by atoms with Crippen LogP contribution in [0.25, 0.3) is 10.8 Å². The Labute approximate surface area is 198 Å². The molecule has 0 saturated carbocycles. The first kappa shape index (κ1) is 25.0. The Balaban J connectivity index is 1.92. The van der Waals surface area contributed by atoms with Gasteiger partial charge in [-0.15, -0.1) is 0 Å². The van der Waals surface area contributed by atoms with Gasteiger partial charge >= 0.3 is 11.9 Å². The SMILES string of the molecule is CCCCCCC(=O)Oc1c2c(c(OC(=O)CCCCCC)c3ccccc13)CC(C)=CC2. The highest BCUT2D eigenvalue weighted by atomic mass is 16.5. The monoisotopic (exact) mass is 450 g/mol. The molecule has 0 unspecified atom stereocenters.